The van der Waals surface area contributed by atoms with Crippen LogP contribution in [0.3, 0.4) is 0 Å². The molecule has 0 rings (SSSR count). The lowest BCUT2D eigenvalue weighted by Gasteiger charge is -2.33. The van der Waals surface area contributed by atoms with Crippen LogP contribution in [0.25, 0.3) is 0 Å². The monoisotopic (exact) mass is 312 g/mol. The molecule has 1 heteroatoms. The first-order chi connectivity index (χ1) is 10.2. The van der Waals surface area contributed by atoms with Gasteiger partial charge in [0.05, 0.1) is 8.07 Å². The van der Waals surface area contributed by atoms with E-state index in [0.717, 1.165) is 0 Å². The summed E-state index contributed by atoms with van der Waals surface area (Å²) in [6, 6.07) is 6.60. The van der Waals surface area contributed by atoms with Crippen LogP contribution in [0.4, 0.5) is 0 Å². The van der Waals surface area contributed by atoms with Gasteiger partial charge in [-0.3, -0.25) is 0 Å². The highest BCUT2D eigenvalue weighted by Gasteiger charge is 2.30. The Balaban J connectivity index is 4.52. The van der Waals surface area contributed by atoms with E-state index in [1.54, 1.807) is 24.2 Å². The molecule has 128 valence electrons. The molecule has 0 nitrogen and oxygen atoms in total. The highest BCUT2D eigenvalue weighted by molar-refractivity contribution is 6.79. The third kappa shape index (κ3) is 11.4. The van der Waals surface area contributed by atoms with Crippen molar-refractivity contribution in [3.63, 3.8) is 0 Å². The average Bonchev–Trinajstić information content (AvgIpc) is 2.48. The summed E-state index contributed by atoms with van der Waals surface area (Å²) in [5, 5.41) is 0. The Morgan fingerprint density at radius 1 is 0.381 bits per heavy atom. The SMILES string of the molecule is CCCCC[Si](CCCCC)(CCCCC)CCCCC. The van der Waals surface area contributed by atoms with E-state index in [9.17, 15) is 0 Å². The first-order valence-electron chi connectivity index (χ1n) is 10.2. The van der Waals surface area contributed by atoms with Crippen LogP contribution < -0.4 is 0 Å². The van der Waals surface area contributed by atoms with Crippen LogP contribution in [-0.2, 0) is 0 Å². The van der Waals surface area contributed by atoms with E-state index >= 15 is 0 Å². The maximum atomic E-state index is 2.36. The van der Waals surface area contributed by atoms with E-state index in [0.29, 0.717) is 0 Å². The summed E-state index contributed by atoms with van der Waals surface area (Å²) in [7, 11) is -0.944. The second-order valence-corrected chi connectivity index (χ2v) is 12.3. The average molecular weight is 313 g/mol. The van der Waals surface area contributed by atoms with E-state index in [1.165, 1.54) is 77.0 Å². The van der Waals surface area contributed by atoms with Gasteiger partial charge < -0.3 is 0 Å². The molecule has 0 bridgehead atoms. The summed E-state index contributed by atoms with van der Waals surface area (Å²) in [5.41, 5.74) is 0. The molecule has 0 unspecified atom stereocenters. The van der Waals surface area contributed by atoms with Crippen LogP contribution in [0, 0.1) is 0 Å². The minimum Gasteiger partial charge on any atom is -0.0654 e. The quantitative estimate of drug-likeness (QED) is 0.199. The first-order valence-corrected chi connectivity index (χ1v) is 13.1. The Morgan fingerprint density at radius 3 is 0.810 bits per heavy atom. The third-order valence-electron chi connectivity index (χ3n) is 5.24. The Bertz CT molecular complexity index is 155. The number of rotatable bonds is 16. The molecule has 0 N–H and O–H groups in total. The van der Waals surface area contributed by atoms with Crippen molar-refractivity contribution in [1.82, 2.24) is 0 Å². The predicted molar refractivity (Wildman–Crippen MR) is 103 cm³/mol. The summed E-state index contributed by atoms with van der Waals surface area (Å²) in [6.45, 7) is 9.42. The minimum absolute atomic E-state index is 0.944. The topological polar surface area (TPSA) is 0 Å². The standard InChI is InChI=1S/C20H44Si/c1-5-9-13-17-21(18-14-10-6-2,19-15-11-7-3)20-16-12-8-4/h5-20H2,1-4H3. The third-order valence-corrected chi connectivity index (χ3v) is 10.9. The summed E-state index contributed by atoms with van der Waals surface area (Å²) in [4.78, 5) is 0. The van der Waals surface area contributed by atoms with Crippen LogP contribution in [0.15, 0.2) is 0 Å². The molecule has 0 amide bonds. The predicted octanol–water partition coefficient (Wildman–Crippen LogP) is 8.20. The zero-order valence-corrected chi connectivity index (χ0v) is 16.8. The smallest absolute Gasteiger partial charge is 0.0535 e. The van der Waals surface area contributed by atoms with Gasteiger partial charge in [-0.2, -0.15) is 0 Å². The Morgan fingerprint density at radius 2 is 0.619 bits per heavy atom. The van der Waals surface area contributed by atoms with Gasteiger partial charge in [-0.15, -0.1) is 0 Å². The zero-order valence-electron chi connectivity index (χ0n) is 15.8. The maximum absolute atomic E-state index is 2.36. The summed E-state index contributed by atoms with van der Waals surface area (Å²) in [6.07, 6.45) is 17.6. The van der Waals surface area contributed by atoms with Gasteiger partial charge >= 0.3 is 0 Å². The van der Waals surface area contributed by atoms with Crippen molar-refractivity contribution < 1.29 is 0 Å². The van der Waals surface area contributed by atoms with Gasteiger partial charge in [0, 0.05) is 0 Å². The molecule has 0 aromatic rings. The van der Waals surface area contributed by atoms with Gasteiger partial charge in [0.25, 0.3) is 0 Å². The van der Waals surface area contributed by atoms with Crippen molar-refractivity contribution in [2.24, 2.45) is 0 Å². The molecular weight excluding hydrogens is 268 g/mol. The fourth-order valence-electron chi connectivity index (χ4n) is 3.75. The van der Waals surface area contributed by atoms with E-state index in [2.05, 4.69) is 27.7 Å². The largest absolute Gasteiger partial charge is 0.0654 e. The molecule has 21 heavy (non-hydrogen) atoms. The lowest BCUT2D eigenvalue weighted by molar-refractivity contribution is 0.693. The molecule has 0 aromatic heterocycles. The molecule has 0 spiro atoms. The Kier molecular flexibility index (Phi) is 15.3. The second kappa shape index (κ2) is 15.1. The maximum Gasteiger partial charge on any atom is 0.0535 e. The molecule has 0 saturated carbocycles. The highest BCUT2D eigenvalue weighted by Crippen LogP contribution is 2.34. The van der Waals surface area contributed by atoms with E-state index in [-0.39, 0.29) is 0 Å². The van der Waals surface area contributed by atoms with Crippen molar-refractivity contribution in [3.05, 3.63) is 0 Å². The van der Waals surface area contributed by atoms with Crippen molar-refractivity contribution in [2.45, 2.75) is 129 Å². The molecular formula is C20H44Si. The summed E-state index contributed by atoms with van der Waals surface area (Å²) < 4.78 is 0. The molecule has 0 fully saturated rings. The Hall–Kier alpha value is 0.217. The van der Waals surface area contributed by atoms with Crippen LogP contribution in [0.2, 0.25) is 24.2 Å². The van der Waals surface area contributed by atoms with Crippen molar-refractivity contribution in [1.29, 1.82) is 0 Å². The van der Waals surface area contributed by atoms with Crippen LogP contribution >= 0.6 is 0 Å². The molecule has 0 aliphatic carbocycles. The highest BCUT2D eigenvalue weighted by atomic mass is 28.3. The van der Waals surface area contributed by atoms with Crippen molar-refractivity contribution in [2.75, 3.05) is 0 Å². The van der Waals surface area contributed by atoms with Gasteiger partial charge in [-0.25, -0.2) is 0 Å². The molecule has 0 saturated heterocycles. The van der Waals surface area contributed by atoms with Gasteiger partial charge in [0.15, 0.2) is 0 Å². The first kappa shape index (κ1) is 21.2. The van der Waals surface area contributed by atoms with Crippen LogP contribution in [0.1, 0.15) is 105 Å². The minimum atomic E-state index is -0.944. The molecule has 0 aliphatic rings. The Labute approximate surface area is 137 Å². The van der Waals surface area contributed by atoms with Gasteiger partial charge in [-0.05, 0) is 0 Å². The lowest BCUT2D eigenvalue weighted by Crippen LogP contribution is -2.33. The number of unbranched alkanes of at least 4 members (excludes halogenated alkanes) is 8. The van der Waals surface area contributed by atoms with Gasteiger partial charge in [0.1, 0.15) is 0 Å². The second-order valence-electron chi connectivity index (χ2n) is 7.33. The van der Waals surface area contributed by atoms with E-state index < -0.39 is 8.07 Å². The molecule has 0 aromatic carbocycles. The van der Waals surface area contributed by atoms with Crippen molar-refractivity contribution in [3.8, 4) is 0 Å². The van der Waals surface area contributed by atoms with Crippen molar-refractivity contribution >= 4 is 8.07 Å². The molecule has 0 heterocycles. The lowest BCUT2D eigenvalue weighted by atomic mass is 10.3. The normalized spacial score (nSPS) is 12.0. The van der Waals surface area contributed by atoms with Gasteiger partial charge in [-0.1, -0.05) is 129 Å². The van der Waals surface area contributed by atoms with E-state index in [1.807, 2.05) is 0 Å². The molecule has 0 atom stereocenters. The molecule has 0 radical (unpaired) electrons. The van der Waals surface area contributed by atoms with Crippen LogP contribution in [0.5, 0.6) is 0 Å². The fraction of sp³-hybridized carbons (Fsp3) is 1.00. The van der Waals surface area contributed by atoms with E-state index in [4.69, 9.17) is 0 Å². The van der Waals surface area contributed by atoms with Crippen LogP contribution in [-0.4, -0.2) is 8.07 Å². The van der Waals surface area contributed by atoms with Gasteiger partial charge in [0.2, 0.25) is 0 Å². The number of hydrogen-bond donors (Lipinski definition) is 0. The molecule has 0 aliphatic heterocycles. The summed E-state index contributed by atoms with van der Waals surface area (Å²) in [5.74, 6) is 0. The fourth-order valence-corrected chi connectivity index (χ4v) is 9.25. The number of hydrogen-bond acceptors (Lipinski definition) is 0. The summed E-state index contributed by atoms with van der Waals surface area (Å²) >= 11 is 0. The zero-order chi connectivity index (χ0) is 15.8.